The van der Waals surface area contributed by atoms with E-state index in [-0.39, 0.29) is 6.61 Å². The number of unbranched alkanes of at least 4 members (excludes halogenated alkanes) is 3. The molecule has 1 atom stereocenters. The molecule has 1 aliphatic rings. The van der Waals surface area contributed by atoms with Gasteiger partial charge in [0.2, 0.25) is 0 Å². The molecule has 1 aliphatic heterocycles. The van der Waals surface area contributed by atoms with Crippen molar-refractivity contribution >= 4 is 5.97 Å². The van der Waals surface area contributed by atoms with Gasteiger partial charge in [0.25, 0.3) is 0 Å². The quantitative estimate of drug-likeness (QED) is 0.581. The van der Waals surface area contributed by atoms with Crippen molar-refractivity contribution in [3.8, 4) is 0 Å². The first-order valence-corrected chi connectivity index (χ1v) is 7.37. The Balaban J connectivity index is 1.66. The number of carbonyl (C=O) groups is 1. The predicted octanol–water partition coefficient (Wildman–Crippen LogP) is 4.05. The van der Waals surface area contributed by atoms with Crippen LogP contribution in [0.4, 0.5) is 13.2 Å². The van der Waals surface area contributed by atoms with E-state index in [1.54, 1.807) is 6.07 Å². The topological polar surface area (TPSA) is 49.8 Å². The van der Waals surface area contributed by atoms with Gasteiger partial charge in [-0.3, -0.25) is 0 Å². The molecule has 0 radical (unpaired) electrons. The van der Waals surface area contributed by atoms with Crippen molar-refractivity contribution in [1.29, 1.82) is 0 Å². The van der Waals surface area contributed by atoms with Gasteiger partial charge in [-0.05, 0) is 37.3 Å². The Bertz CT molecular complexity index is 522. The lowest BCUT2D eigenvalue weighted by Crippen LogP contribution is -2.23. The standard InChI is InChI=1S/C16H19F3O3/c17-16(18,19)13-8-5-7-12(10-13)6-3-1-2-4-9-15(11-22-15)14(20)21/h5,7-8,10H,1-4,6,9,11H2,(H,20,21). The number of rotatable bonds is 8. The van der Waals surface area contributed by atoms with E-state index in [2.05, 4.69) is 0 Å². The molecule has 1 heterocycles. The first kappa shape index (κ1) is 16.8. The molecule has 1 fully saturated rings. The van der Waals surface area contributed by atoms with Gasteiger partial charge in [-0.2, -0.15) is 13.2 Å². The highest BCUT2D eigenvalue weighted by Crippen LogP contribution is 2.33. The average molecular weight is 316 g/mol. The number of halogens is 3. The fourth-order valence-corrected chi connectivity index (χ4v) is 2.46. The highest BCUT2D eigenvalue weighted by atomic mass is 19.4. The zero-order chi connectivity index (χ0) is 16.2. The lowest BCUT2D eigenvalue weighted by Gasteiger charge is -2.09. The van der Waals surface area contributed by atoms with E-state index in [9.17, 15) is 18.0 Å². The summed E-state index contributed by atoms with van der Waals surface area (Å²) < 4.78 is 42.7. The van der Waals surface area contributed by atoms with Crippen molar-refractivity contribution in [1.82, 2.24) is 0 Å². The third-order valence-electron chi connectivity index (χ3n) is 3.93. The van der Waals surface area contributed by atoms with Crippen LogP contribution in [0.2, 0.25) is 0 Å². The van der Waals surface area contributed by atoms with Crippen LogP contribution in [0.1, 0.15) is 43.2 Å². The van der Waals surface area contributed by atoms with Crippen LogP contribution in [-0.2, 0) is 22.1 Å². The van der Waals surface area contributed by atoms with Crippen LogP contribution in [-0.4, -0.2) is 23.3 Å². The summed E-state index contributed by atoms with van der Waals surface area (Å²) in [6, 6.07) is 5.40. The van der Waals surface area contributed by atoms with Crippen LogP contribution in [0.5, 0.6) is 0 Å². The summed E-state index contributed by atoms with van der Waals surface area (Å²) in [4.78, 5) is 10.9. The largest absolute Gasteiger partial charge is 0.479 e. The van der Waals surface area contributed by atoms with E-state index >= 15 is 0 Å². The second-order valence-corrected chi connectivity index (χ2v) is 5.70. The zero-order valence-electron chi connectivity index (χ0n) is 12.2. The van der Waals surface area contributed by atoms with Gasteiger partial charge in [-0.1, -0.05) is 31.0 Å². The molecule has 1 unspecified atom stereocenters. The van der Waals surface area contributed by atoms with E-state index in [4.69, 9.17) is 9.84 Å². The van der Waals surface area contributed by atoms with Crippen molar-refractivity contribution in [3.63, 3.8) is 0 Å². The molecule has 2 rings (SSSR count). The van der Waals surface area contributed by atoms with Crippen LogP contribution in [0.15, 0.2) is 24.3 Å². The number of aryl methyl sites for hydroxylation is 1. The summed E-state index contributed by atoms with van der Waals surface area (Å²) in [5, 5.41) is 8.93. The molecule has 0 spiro atoms. The lowest BCUT2D eigenvalue weighted by atomic mass is 10.00. The summed E-state index contributed by atoms with van der Waals surface area (Å²) in [6.45, 7) is 0.284. The number of alkyl halides is 3. The number of carboxylic acids is 1. The van der Waals surface area contributed by atoms with Crippen molar-refractivity contribution in [2.24, 2.45) is 0 Å². The number of aliphatic carboxylic acids is 1. The van der Waals surface area contributed by atoms with E-state index in [1.807, 2.05) is 0 Å². The molecule has 3 nitrogen and oxygen atoms in total. The molecule has 1 N–H and O–H groups in total. The molecule has 0 bridgehead atoms. The summed E-state index contributed by atoms with van der Waals surface area (Å²) in [6.07, 6.45) is 0.0856. The summed E-state index contributed by atoms with van der Waals surface area (Å²) in [5.41, 5.74) is -0.886. The number of epoxide rings is 1. The monoisotopic (exact) mass is 316 g/mol. The van der Waals surface area contributed by atoms with Crippen LogP contribution in [0.3, 0.4) is 0 Å². The fourth-order valence-electron chi connectivity index (χ4n) is 2.46. The molecule has 0 aromatic heterocycles. The van der Waals surface area contributed by atoms with E-state index in [0.29, 0.717) is 18.4 Å². The van der Waals surface area contributed by atoms with Crippen LogP contribution < -0.4 is 0 Å². The minimum absolute atomic E-state index is 0.284. The van der Waals surface area contributed by atoms with Gasteiger partial charge in [-0.25, -0.2) is 4.79 Å². The van der Waals surface area contributed by atoms with E-state index in [1.165, 1.54) is 12.1 Å². The maximum absolute atomic E-state index is 12.6. The van der Waals surface area contributed by atoms with Crippen LogP contribution in [0, 0.1) is 0 Å². The van der Waals surface area contributed by atoms with Gasteiger partial charge in [-0.15, -0.1) is 0 Å². The Morgan fingerprint density at radius 1 is 1.23 bits per heavy atom. The van der Waals surface area contributed by atoms with Crippen LogP contribution >= 0.6 is 0 Å². The number of hydrogen-bond donors (Lipinski definition) is 1. The summed E-state index contributed by atoms with van der Waals surface area (Å²) in [5.74, 6) is -0.906. The predicted molar refractivity (Wildman–Crippen MR) is 74.6 cm³/mol. The van der Waals surface area contributed by atoms with Crippen molar-refractivity contribution in [2.75, 3.05) is 6.61 Å². The number of benzene rings is 1. The first-order chi connectivity index (χ1) is 10.3. The van der Waals surface area contributed by atoms with Crippen molar-refractivity contribution < 1.29 is 27.8 Å². The molecule has 122 valence electrons. The number of carboxylic acid groups (broad SMARTS) is 1. The van der Waals surface area contributed by atoms with E-state index < -0.39 is 23.3 Å². The highest BCUT2D eigenvalue weighted by Gasteiger charge is 2.51. The van der Waals surface area contributed by atoms with Gasteiger partial charge >= 0.3 is 12.1 Å². The molecule has 0 saturated carbocycles. The highest BCUT2D eigenvalue weighted by molar-refractivity contribution is 5.80. The molecule has 22 heavy (non-hydrogen) atoms. The third-order valence-corrected chi connectivity index (χ3v) is 3.93. The second-order valence-electron chi connectivity index (χ2n) is 5.70. The minimum Gasteiger partial charge on any atom is -0.479 e. The maximum Gasteiger partial charge on any atom is 0.416 e. The van der Waals surface area contributed by atoms with Crippen molar-refractivity contribution in [3.05, 3.63) is 35.4 Å². The van der Waals surface area contributed by atoms with Crippen molar-refractivity contribution in [2.45, 2.75) is 50.3 Å². The normalized spacial score (nSPS) is 20.9. The van der Waals surface area contributed by atoms with Gasteiger partial charge in [0, 0.05) is 0 Å². The number of ether oxygens (including phenoxy) is 1. The Kier molecular flexibility index (Phi) is 5.11. The Hall–Kier alpha value is -1.56. The van der Waals surface area contributed by atoms with E-state index in [0.717, 1.165) is 31.7 Å². The van der Waals surface area contributed by atoms with Gasteiger partial charge in [0.15, 0.2) is 5.60 Å². The lowest BCUT2D eigenvalue weighted by molar-refractivity contribution is -0.143. The Labute approximate surface area is 127 Å². The molecule has 6 heteroatoms. The van der Waals surface area contributed by atoms with Gasteiger partial charge < -0.3 is 9.84 Å². The zero-order valence-corrected chi connectivity index (χ0v) is 12.2. The van der Waals surface area contributed by atoms with Crippen LogP contribution in [0.25, 0.3) is 0 Å². The second kappa shape index (κ2) is 6.69. The molecule has 0 amide bonds. The first-order valence-electron chi connectivity index (χ1n) is 7.37. The smallest absolute Gasteiger partial charge is 0.416 e. The third kappa shape index (κ3) is 4.47. The minimum atomic E-state index is -4.30. The molecule has 1 aromatic carbocycles. The number of hydrogen-bond acceptors (Lipinski definition) is 2. The molecule has 0 aliphatic carbocycles. The summed E-state index contributed by atoms with van der Waals surface area (Å²) in [7, 11) is 0. The molecular weight excluding hydrogens is 297 g/mol. The molecule has 1 saturated heterocycles. The molecule has 1 aromatic rings. The van der Waals surface area contributed by atoms with Gasteiger partial charge in [0.1, 0.15) is 0 Å². The van der Waals surface area contributed by atoms with Gasteiger partial charge in [0.05, 0.1) is 12.2 Å². The average Bonchev–Trinajstić information content (AvgIpc) is 3.23. The molecular formula is C16H19F3O3. The Morgan fingerprint density at radius 3 is 2.50 bits per heavy atom. The maximum atomic E-state index is 12.6. The SMILES string of the molecule is O=C(O)C1(CCCCCCc2cccc(C(F)(F)F)c2)CO1. The fraction of sp³-hybridized carbons (Fsp3) is 0.562. The summed E-state index contributed by atoms with van der Waals surface area (Å²) >= 11 is 0. The Morgan fingerprint density at radius 2 is 1.91 bits per heavy atom.